The lowest BCUT2D eigenvalue weighted by Crippen LogP contribution is -2.18. The van der Waals surface area contributed by atoms with Crippen molar-refractivity contribution in [2.45, 2.75) is 0 Å². The molecule has 2 rings (SSSR count). The van der Waals surface area contributed by atoms with Crippen molar-refractivity contribution >= 4 is 23.7 Å². The summed E-state index contributed by atoms with van der Waals surface area (Å²) in [5.74, 6) is -0.0390. The van der Waals surface area contributed by atoms with Crippen LogP contribution in [0.15, 0.2) is 41.4 Å². The second-order valence-corrected chi connectivity index (χ2v) is 4.46. The zero-order chi connectivity index (χ0) is 15.8. The van der Waals surface area contributed by atoms with Crippen LogP contribution in [0.25, 0.3) is 5.57 Å². The molecule has 9 heteroatoms. The number of carbonyl (C=O) groups excluding carboxylic acids is 1. The number of aromatic nitrogens is 2. The third kappa shape index (κ3) is 3.99. The summed E-state index contributed by atoms with van der Waals surface area (Å²) in [5.41, 5.74) is 0.749. The van der Waals surface area contributed by atoms with Gasteiger partial charge in [-0.05, 0) is 6.07 Å². The zero-order valence-electron chi connectivity index (χ0n) is 11.8. The van der Waals surface area contributed by atoms with Crippen LogP contribution in [0, 0.1) is 0 Å². The topological polar surface area (TPSA) is 95.7 Å². The van der Waals surface area contributed by atoms with Crippen LogP contribution in [0.1, 0.15) is 5.56 Å². The van der Waals surface area contributed by atoms with Gasteiger partial charge in [0.1, 0.15) is 18.0 Å². The van der Waals surface area contributed by atoms with Crippen molar-refractivity contribution in [3.8, 4) is 11.8 Å². The fourth-order valence-electron chi connectivity index (χ4n) is 1.57. The molecule has 1 aromatic carbocycles. The number of carbonyl (C=O) groups is 1. The van der Waals surface area contributed by atoms with Crippen molar-refractivity contribution in [1.82, 2.24) is 14.9 Å². The molecule has 0 bridgehead atoms. The number of rotatable bonds is 7. The first kappa shape index (κ1) is 15.9. The molecule has 22 heavy (non-hydrogen) atoms. The average Bonchev–Trinajstić information content (AvgIpc) is 3.04. The molecule has 1 heterocycles. The summed E-state index contributed by atoms with van der Waals surface area (Å²) in [6.07, 6.45) is 2.49. The van der Waals surface area contributed by atoms with Gasteiger partial charge in [0, 0.05) is 5.56 Å². The first-order chi connectivity index (χ1) is 10.8. The van der Waals surface area contributed by atoms with E-state index >= 15 is 0 Å². The molecule has 0 unspecified atom stereocenters. The van der Waals surface area contributed by atoms with Crippen molar-refractivity contribution in [2.24, 2.45) is 0 Å². The van der Waals surface area contributed by atoms with Gasteiger partial charge in [0.05, 0.1) is 26.1 Å². The second-order valence-electron chi connectivity index (χ2n) is 3.75. The second kappa shape index (κ2) is 8.05. The lowest BCUT2D eigenvalue weighted by atomic mass is 10.1. The van der Waals surface area contributed by atoms with Gasteiger partial charge in [-0.15, -0.1) is 0 Å². The summed E-state index contributed by atoms with van der Waals surface area (Å²) in [6.45, 7) is 0. The summed E-state index contributed by atoms with van der Waals surface area (Å²) < 4.78 is 22.5. The Kier molecular flexibility index (Phi) is 5.81. The normalized spacial score (nSPS) is 11.1. The molecule has 1 aromatic heterocycles. The van der Waals surface area contributed by atoms with E-state index in [2.05, 4.69) is 14.9 Å². The molecule has 116 valence electrons. The molecule has 0 radical (unpaired) electrons. The smallest absolute Gasteiger partial charge is 0.422 e. The number of hydrogen-bond acceptors (Lipinski definition) is 8. The number of hydrogen-bond donors (Lipinski definition) is 1. The van der Waals surface area contributed by atoms with Crippen LogP contribution >= 0.6 is 12.2 Å². The molecule has 0 saturated carbocycles. The average molecular weight is 323 g/mol. The minimum absolute atomic E-state index is 0.0316. The molecule has 0 aliphatic rings. The van der Waals surface area contributed by atoms with Gasteiger partial charge in [-0.25, -0.2) is 0 Å². The number of nitrogens with zero attached hydrogens (tertiary/aromatic N) is 2. The highest BCUT2D eigenvalue weighted by atomic mass is 32.2. The van der Waals surface area contributed by atoms with Crippen LogP contribution in [0.3, 0.4) is 0 Å². The highest BCUT2D eigenvalue weighted by Gasteiger charge is 2.18. The number of para-hydroxylation sites is 1. The molecule has 1 N–H and O–H groups in total. The van der Waals surface area contributed by atoms with Crippen LogP contribution in [-0.2, 0) is 13.7 Å². The van der Waals surface area contributed by atoms with Crippen LogP contribution in [0.4, 0.5) is 0 Å². The lowest BCUT2D eigenvalue weighted by Gasteiger charge is -2.11. The molecule has 8 nitrogen and oxygen atoms in total. The van der Waals surface area contributed by atoms with E-state index in [0.717, 1.165) is 12.2 Å². The van der Waals surface area contributed by atoms with Crippen molar-refractivity contribution in [1.29, 1.82) is 0 Å². The highest BCUT2D eigenvalue weighted by Crippen LogP contribution is 2.29. The van der Waals surface area contributed by atoms with Crippen molar-refractivity contribution < 1.29 is 23.0 Å². The third-order valence-electron chi connectivity index (χ3n) is 2.41. The van der Waals surface area contributed by atoms with E-state index in [4.69, 9.17) is 18.2 Å². The minimum Gasteiger partial charge on any atom is -0.504 e. The first-order valence-corrected chi connectivity index (χ1v) is 6.77. The Bertz CT molecular complexity index is 645. The van der Waals surface area contributed by atoms with Gasteiger partial charge in [0.25, 0.3) is 5.91 Å². The third-order valence-corrected chi connectivity index (χ3v) is 2.85. The standard InChI is InChI=1S/C13H13N3O5S/c1-18-7-10(12(17)16-22-19-2)9-5-3-4-6-11(9)20-13-14-8-15-21-13/h3-8H,1-2H3,(H,16,17)/b10-7+. The number of benzene rings is 1. The maximum Gasteiger partial charge on any atom is 0.422 e. The van der Waals surface area contributed by atoms with E-state index in [1.54, 1.807) is 24.3 Å². The first-order valence-electron chi connectivity index (χ1n) is 6.03. The molecule has 0 atom stereocenters. The van der Waals surface area contributed by atoms with E-state index in [1.165, 1.54) is 26.8 Å². The molecular formula is C13H13N3O5S. The Morgan fingerprint density at radius 2 is 2.18 bits per heavy atom. The van der Waals surface area contributed by atoms with E-state index < -0.39 is 5.91 Å². The van der Waals surface area contributed by atoms with Gasteiger partial charge in [-0.2, -0.15) is 4.98 Å². The van der Waals surface area contributed by atoms with E-state index in [0.29, 0.717) is 11.3 Å². The van der Waals surface area contributed by atoms with E-state index in [-0.39, 0.29) is 11.6 Å². The number of ether oxygens (including phenoxy) is 2. The summed E-state index contributed by atoms with van der Waals surface area (Å²) >= 11 is 0.799. The summed E-state index contributed by atoms with van der Waals surface area (Å²) in [4.78, 5) is 16.0. The molecule has 0 aliphatic carbocycles. The van der Waals surface area contributed by atoms with Crippen molar-refractivity contribution in [2.75, 3.05) is 14.2 Å². The molecule has 0 saturated heterocycles. The molecule has 1 amide bonds. The molecular weight excluding hydrogens is 310 g/mol. The fraction of sp³-hybridized carbons (Fsp3) is 0.154. The number of methoxy groups -OCH3 is 1. The van der Waals surface area contributed by atoms with Gasteiger partial charge in [0.15, 0.2) is 6.33 Å². The Hall–Kier alpha value is -2.52. The molecule has 0 spiro atoms. The lowest BCUT2D eigenvalue weighted by molar-refractivity contribution is -0.114. The number of amides is 1. The Morgan fingerprint density at radius 3 is 2.86 bits per heavy atom. The van der Waals surface area contributed by atoms with Crippen LogP contribution in [0.2, 0.25) is 0 Å². The van der Waals surface area contributed by atoms with Crippen molar-refractivity contribution in [3.05, 3.63) is 42.4 Å². The largest absolute Gasteiger partial charge is 0.504 e. The van der Waals surface area contributed by atoms with Gasteiger partial charge in [0.2, 0.25) is 0 Å². The summed E-state index contributed by atoms with van der Waals surface area (Å²) in [7, 11) is 2.88. The predicted octanol–water partition coefficient (Wildman–Crippen LogP) is 2.17. The predicted molar refractivity (Wildman–Crippen MR) is 78.5 cm³/mol. The highest BCUT2D eigenvalue weighted by molar-refractivity contribution is 7.93. The zero-order valence-corrected chi connectivity index (χ0v) is 12.6. The quantitative estimate of drug-likeness (QED) is 0.358. The SMILES string of the molecule is CO/C=C(/C(=O)NSOC)c1ccccc1Oc1ncno1. The Balaban J connectivity index is 2.31. The molecule has 0 fully saturated rings. The van der Waals surface area contributed by atoms with E-state index in [9.17, 15) is 4.79 Å². The maximum atomic E-state index is 12.2. The van der Waals surface area contributed by atoms with E-state index in [1.807, 2.05) is 0 Å². The van der Waals surface area contributed by atoms with Crippen molar-refractivity contribution in [3.63, 3.8) is 0 Å². The van der Waals surface area contributed by atoms with Gasteiger partial charge in [-0.3, -0.25) is 14.0 Å². The van der Waals surface area contributed by atoms with Gasteiger partial charge < -0.3 is 13.7 Å². The minimum atomic E-state index is -0.407. The van der Waals surface area contributed by atoms with Crippen LogP contribution < -0.4 is 9.46 Å². The van der Waals surface area contributed by atoms with Gasteiger partial charge in [-0.1, -0.05) is 23.4 Å². The summed E-state index contributed by atoms with van der Waals surface area (Å²) in [6, 6.07) is 6.88. The molecule has 0 aliphatic heterocycles. The Labute approximate surface area is 130 Å². The molecule has 2 aromatic rings. The van der Waals surface area contributed by atoms with Crippen LogP contribution in [-0.4, -0.2) is 30.3 Å². The monoisotopic (exact) mass is 323 g/mol. The Morgan fingerprint density at radius 1 is 1.36 bits per heavy atom. The van der Waals surface area contributed by atoms with Crippen LogP contribution in [0.5, 0.6) is 11.8 Å². The number of nitrogens with one attached hydrogen (secondary N) is 1. The summed E-state index contributed by atoms with van der Waals surface area (Å²) in [5, 5.41) is 3.46. The van der Waals surface area contributed by atoms with Gasteiger partial charge >= 0.3 is 6.08 Å². The maximum absolute atomic E-state index is 12.2. The fourth-order valence-corrected chi connectivity index (χ4v) is 1.84.